The molecule has 0 radical (unpaired) electrons. The standard InChI is InChI=1S/C16H16N2O6S/c1-11-7-8-14(25(22,23)17(2)3)10-15(11)16(19)24-13-6-4-5-12(9-13)18(20)21/h4-10H,1-3H3. The quantitative estimate of drug-likeness (QED) is 0.349. The van der Waals surface area contributed by atoms with Crippen molar-refractivity contribution in [1.29, 1.82) is 0 Å². The van der Waals surface area contributed by atoms with Gasteiger partial charge in [-0.05, 0) is 30.7 Å². The first kappa shape index (κ1) is 18.6. The van der Waals surface area contributed by atoms with Gasteiger partial charge in [0.15, 0.2) is 0 Å². The van der Waals surface area contributed by atoms with Gasteiger partial charge in [-0.3, -0.25) is 10.1 Å². The van der Waals surface area contributed by atoms with Gasteiger partial charge in [0, 0.05) is 20.2 Å². The third-order valence-electron chi connectivity index (χ3n) is 3.45. The van der Waals surface area contributed by atoms with E-state index in [0.717, 1.165) is 10.4 Å². The van der Waals surface area contributed by atoms with Crippen LogP contribution in [0.25, 0.3) is 0 Å². The van der Waals surface area contributed by atoms with Crippen molar-refractivity contribution in [2.45, 2.75) is 11.8 Å². The van der Waals surface area contributed by atoms with Crippen molar-refractivity contribution in [1.82, 2.24) is 4.31 Å². The highest BCUT2D eigenvalue weighted by atomic mass is 32.2. The van der Waals surface area contributed by atoms with Crippen LogP contribution in [0.2, 0.25) is 0 Å². The van der Waals surface area contributed by atoms with E-state index >= 15 is 0 Å². The summed E-state index contributed by atoms with van der Waals surface area (Å²) in [6.45, 7) is 1.64. The third kappa shape index (κ3) is 4.01. The van der Waals surface area contributed by atoms with Crippen molar-refractivity contribution in [2.75, 3.05) is 14.1 Å². The number of nitro groups is 1. The number of nitrogens with zero attached hydrogens (tertiary/aromatic N) is 2. The Morgan fingerprint density at radius 3 is 2.44 bits per heavy atom. The Morgan fingerprint density at radius 1 is 1.16 bits per heavy atom. The second-order valence-corrected chi connectivity index (χ2v) is 7.56. The molecule has 0 aliphatic carbocycles. The van der Waals surface area contributed by atoms with E-state index in [0.29, 0.717) is 5.56 Å². The summed E-state index contributed by atoms with van der Waals surface area (Å²) in [4.78, 5) is 22.5. The minimum atomic E-state index is -3.70. The smallest absolute Gasteiger partial charge is 0.343 e. The van der Waals surface area contributed by atoms with Crippen molar-refractivity contribution < 1.29 is 22.9 Å². The molecule has 0 aromatic heterocycles. The van der Waals surface area contributed by atoms with Crippen LogP contribution < -0.4 is 4.74 Å². The first-order chi connectivity index (χ1) is 11.6. The van der Waals surface area contributed by atoms with Crippen molar-refractivity contribution >= 4 is 21.7 Å². The van der Waals surface area contributed by atoms with Gasteiger partial charge in [-0.1, -0.05) is 12.1 Å². The van der Waals surface area contributed by atoms with Crippen LogP contribution in [-0.4, -0.2) is 37.7 Å². The summed E-state index contributed by atoms with van der Waals surface area (Å²) in [6.07, 6.45) is 0. The summed E-state index contributed by atoms with van der Waals surface area (Å²) in [5, 5.41) is 10.8. The van der Waals surface area contributed by atoms with Crippen molar-refractivity contribution in [2.24, 2.45) is 0 Å². The minimum absolute atomic E-state index is 0.000491. The summed E-state index contributed by atoms with van der Waals surface area (Å²) in [7, 11) is -0.934. The average Bonchev–Trinajstić information content (AvgIpc) is 2.55. The number of nitro benzene ring substituents is 1. The number of aryl methyl sites for hydroxylation is 1. The number of ether oxygens (including phenoxy) is 1. The predicted octanol–water partition coefficient (Wildman–Crippen LogP) is 2.37. The van der Waals surface area contributed by atoms with Gasteiger partial charge in [-0.25, -0.2) is 17.5 Å². The second-order valence-electron chi connectivity index (χ2n) is 5.41. The third-order valence-corrected chi connectivity index (χ3v) is 5.26. The number of carbonyl (C=O) groups is 1. The van der Waals surface area contributed by atoms with E-state index in [1.807, 2.05) is 0 Å². The Morgan fingerprint density at radius 2 is 1.84 bits per heavy atom. The molecule has 0 atom stereocenters. The maximum absolute atomic E-state index is 12.4. The summed E-state index contributed by atoms with van der Waals surface area (Å²) < 4.78 is 30.6. The molecular weight excluding hydrogens is 348 g/mol. The van der Waals surface area contributed by atoms with Crippen LogP contribution in [0, 0.1) is 17.0 Å². The Hall–Kier alpha value is -2.78. The van der Waals surface area contributed by atoms with E-state index in [2.05, 4.69) is 0 Å². The second kappa shape index (κ2) is 6.99. The summed E-state index contributed by atoms with van der Waals surface area (Å²) >= 11 is 0. The van der Waals surface area contributed by atoms with E-state index in [9.17, 15) is 23.3 Å². The highest BCUT2D eigenvalue weighted by molar-refractivity contribution is 7.89. The lowest BCUT2D eigenvalue weighted by Gasteiger charge is -2.13. The number of sulfonamides is 1. The molecule has 9 heteroatoms. The molecule has 0 saturated heterocycles. The predicted molar refractivity (Wildman–Crippen MR) is 90.1 cm³/mol. The number of esters is 1. The molecule has 132 valence electrons. The maximum Gasteiger partial charge on any atom is 0.343 e. The number of non-ortho nitro benzene ring substituents is 1. The Labute approximate surface area is 144 Å². The molecule has 0 unspecified atom stereocenters. The number of carbonyl (C=O) groups excluding carboxylic acids is 1. The molecule has 0 amide bonds. The lowest BCUT2D eigenvalue weighted by molar-refractivity contribution is -0.384. The van der Waals surface area contributed by atoms with Crippen LogP contribution in [0.3, 0.4) is 0 Å². The highest BCUT2D eigenvalue weighted by Gasteiger charge is 2.21. The van der Waals surface area contributed by atoms with Gasteiger partial charge in [0.05, 0.1) is 21.4 Å². The monoisotopic (exact) mass is 364 g/mol. The molecule has 0 N–H and O–H groups in total. The van der Waals surface area contributed by atoms with Gasteiger partial charge in [0.2, 0.25) is 10.0 Å². The molecular formula is C16H16N2O6S. The Bertz CT molecular complexity index is 937. The molecule has 2 aromatic rings. The lowest BCUT2D eigenvalue weighted by Crippen LogP contribution is -2.23. The fourth-order valence-corrected chi connectivity index (χ4v) is 2.94. The maximum atomic E-state index is 12.4. The van der Waals surface area contributed by atoms with Crippen LogP contribution >= 0.6 is 0 Å². The molecule has 2 aromatic carbocycles. The SMILES string of the molecule is Cc1ccc(S(=O)(=O)N(C)C)cc1C(=O)Oc1cccc([N+](=O)[O-])c1. The Balaban J connectivity index is 2.37. The Kier molecular flexibility index (Phi) is 5.19. The molecule has 8 nitrogen and oxygen atoms in total. The summed E-state index contributed by atoms with van der Waals surface area (Å²) in [6, 6.07) is 9.31. The van der Waals surface area contributed by atoms with Crippen molar-refractivity contribution in [3.63, 3.8) is 0 Å². The van der Waals surface area contributed by atoms with Gasteiger partial charge in [0.25, 0.3) is 5.69 Å². The average molecular weight is 364 g/mol. The zero-order chi connectivity index (χ0) is 18.8. The summed E-state index contributed by atoms with van der Waals surface area (Å²) in [5.41, 5.74) is 0.369. The van der Waals surface area contributed by atoms with Gasteiger partial charge >= 0.3 is 5.97 Å². The first-order valence-electron chi connectivity index (χ1n) is 7.12. The van der Waals surface area contributed by atoms with E-state index in [1.54, 1.807) is 6.92 Å². The molecule has 0 bridgehead atoms. The van der Waals surface area contributed by atoms with E-state index in [1.165, 1.54) is 50.5 Å². The molecule has 25 heavy (non-hydrogen) atoms. The van der Waals surface area contributed by atoms with E-state index in [4.69, 9.17) is 4.74 Å². The molecule has 0 aliphatic heterocycles. The van der Waals surface area contributed by atoms with Crippen LogP contribution in [0.5, 0.6) is 5.75 Å². The zero-order valence-electron chi connectivity index (χ0n) is 13.8. The van der Waals surface area contributed by atoms with Gasteiger partial charge < -0.3 is 4.74 Å². The molecule has 0 saturated carbocycles. The van der Waals surface area contributed by atoms with Gasteiger partial charge in [-0.2, -0.15) is 0 Å². The van der Waals surface area contributed by atoms with Crippen LogP contribution in [0.1, 0.15) is 15.9 Å². The number of rotatable bonds is 5. The number of hydrogen-bond acceptors (Lipinski definition) is 6. The molecule has 0 heterocycles. The minimum Gasteiger partial charge on any atom is -0.423 e. The van der Waals surface area contributed by atoms with E-state index in [-0.39, 0.29) is 21.9 Å². The fourth-order valence-electron chi connectivity index (χ4n) is 2.01. The topological polar surface area (TPSA) is 107 Å². The first-order valence-corrected chi connectivity index (χ1v) is 8.57. The molecule has 2 rings (SSSR count). The normalized spacial score (nSPS) is 11.4. The van der Waals surface area contributed by atoms with Crippen LogP contribution in [0.4, 0.5) is 5.69 Å². The largest absolute Gasteiger partial charge is 0.423 e. The van der Waals surface area contributed by atoms with Crippen molar-refractivity contribution in [3.8, 4) is 5.75 Å². The highest BCUT2D eigenvalue weighted by Crippen LogP contribution is 2.23. The number of benzene rings is 2. The molecule has 0 spiro atoms. The molecule has 0 aliphatic rings. The molecule has 0 fully saturated rings. The zero-order valence-corrected chi connectivity index (χ0v) is 14.6. The van der Waals surface area contributed by atoms with Gasteiger partial charge in [-0.15, -0.1) is 0 Å². The van der Waals surface area contributed by atoms with Gasteiger partial charge in [0.1, 0.15) is 5.75 Å². The number of hydrogen-bond donors (Lipinski definition) is 0. The van der Waals surface area contributed by atoms with Crippen molar-refractivity contribution in [3.05, 3.63) is 63.7 Å². The summed E-state index contributed by atoms with van der Waals surface area (Å²) in [5.74, 6) is -0.798. The van der Waals surface area contributed by atoms with Crippen LogP contribution in [-0.2, 0) is 10.0 Å². The lowest BCUT2D eigenvalue weighted by atomic mass is 10.1. The van der Waals surface area contributed by atoms with E-state index < -0.39 is 20.9 Å². The van der Waals surface area contributed by atoms with Crippen LogP contribution in [0.15, 0.2) is 47.4 Å². The fraction of sp³-hybridized carbons (Fsp3) is 0.188.